The summed E-state index contributed by atoms with van der Waals surface area (Å²) in [4.78, 5) is 8.87. The van der Waals surface area contributed by atoms with E-state index in [1.807, 2.05) is 61.0 Å². The van der Waals surface area contributed by atoms with Gasteiger partial charge in [0.1, 0.15) is 11.0 Å². The summed E-state index contributed by atoms with van der Waals surface area (Å²) < 4.78 is 28.6. The largest absolute Gasteiger partial charge is 0.392 e. The number of benzene rings is 2. The molecule has 0 spiro atoms. The van der Waals surface area contributed by atoms with E-state index < -0.39 is 9.84 Å². The van der Waals surface area contributed by atoms with Gasteiger partial charge in [-0.15, -0.1) is 0 Å². The quantitative estimate of drug-likeness (QED) is 0.310. The van der Waals surface area contributed by atoms with Crippen molar-refractivity contribution < 1.29 is 13.5 Å². The minimum absolute atomic E-state index is 0.108. The number of hydrogen-bond donors (Lipinski definition) is 1. The van der Waals surface area contributed by atoms with Gasteiger partial charge in [-0.2, -0.15) is 5.10 Å². The molecule has 0 unspecified atom stereocenters. The van der Waals surface area contributed by atoms with Crippen molar-refractivity contribution in [2.45, 2.75) is 25.3 Å². The lowest BCUT2D eigenvalue weighted by molar-refractivity contribution is 0.278. The van der Waals surface area contributed by atoms with Crippen LogP contribution in [0.5, 0.6) is 0 Å². The summed E-state index contributed by atoms with van der Waals surface area (Å²) in [5.74, 6) is 0.831. The number of aliphatic hydroxyl groups excluding tert-OH is 1. The number of sulfone groups is 1. The maximum absolute atomic E-state index is 12.4. The van der Waals surface area contributed by atoms with Crippen molar-refractivity contribution in [1.82, 2.24) is 24.3 Å². The summed E-state index contributed by atoms with van der Waals surface area (Å²) in [5.41, 5.74) is 6.07. The van der Waals surface area contributed by atoms with Crippen molar-refractivity contribution in [3.05, 3.63) is 95.4 Å². The van der Waals surface area contributed by atoms with E-state index in [1.165, 1.54) is 0 Å². The maximum Gasteiger partial charge on any atom is 0.175 e. The Bertz CT molecular complexity index is 1720. The maximum atomic E-state index is 12.4. The van der Waals surface area contributed by atoms with Gasteiger partial charge in [0.05, 0.1) is 46.7 Å². The number of aryl methyl sites for hydroxylation is 2. The van der Waals surface area contributed by atoms with Crippen LogP contribution in [0.25, 0.3) is 33.8 Å². The fourth-order valence-electron chi connectivity index (χ4n) is 4.41. The molecule has 0 aliphatic heterocycles. The molecule has 10 heteroatoms. The third kappa shape index (κ3) is 4.81. The van der Waals surface area contributed by atoms with Crippen molar-refractivity contribution in [3.63, 3.8) is 0 Å². The number of rotatable bonds is 6. The van der Waals surface area contributed by atoms with E-state index in [4.69, 9.17) is 11.6 Å². The van der Waals surface area contributed by atoms with Crippen LogP contribution in [-0.2, 0) is 16.4 Å². The lowest BCUT2D eigenvalue weighted by Gasteiger charge is -2.16. The molecular formula is C27H24ClN5O3S. The number of aliphatic hydroxyl groups is 1. The molecule has 8 nitrogen and oxygen atoms in total. The molecule has 0 radical (unpaired) electrons. The van der Waals surface area contributed by atoms with Crippen LogP contribution in [0.2, 0.25) is 5.15 Å². The second-order valence-electron chi connectivity index (χ2n) is 8.75. The van der Waals surface area contributed by atoms with E-state index in [9.17, 15) is 13.5 Å². The lowest BCUT2D eigenvalue weighted by atomic mass is 9.99. The minimum atomic E-state index is -3.53. The minimum Gasteiger partial charge on any atom is -0.392 e. The summed E-state index contributed by atoms with van der Waals surface area (Å²) in [7, 11) is -3.53. The zero-order chi connectivity index (χ0) is 26.3. The van der Waals surface area contributed by atoms with E-state index in [-0.39, 0.29) is 11.5 Å². The van der Waals surface area contributed by atoms with Crippen molar-refractivity contribution in [2.24, 2.45) is 0 Å². The molecule has 5 rings (SSSR count). The molecule has 3 heterocycles. The first-order valence-corrected chi connectivity index (χ1v) is 13.7. The van der Waals surface area contributed by atoms with Crippen LogP contribution in [0.3, 0.4) is 0 Å². The van der Waals surface area contributed by atoms with Gasteiger partial charge in [-0.25, -0.2) is 23.1 Å². The molecule has 3 aromatic heterocycles. The van der Waals surface area contributed by atoms with Crippen LogP contribution in [0.15, 0.2) is 78.1 Å². The Morgan fingerprint density at radius 1 is 1.00 bits per heavy atom. The van der Waals surface area contributed by atoms with Crippen molar-refractivity contribution >= 4 is 21.4 Å². The fraction of sp³-hybridized carbons (Fsp3) is 0.148. The second kappa shape index (κ2) is 9.59. The zero-order valence-electron chi connectivity index (χ0n) is 20.4. The van der Waals surface area contributed by atoms with Crippen LogP contribution in [-0.4, -0.2) is 44.1 Å². The predicted octanol–water partition coefficient (Wildman–Crippen LogP) is 4.95. The molecule has 5 aromatic rings. The van der Waals surface area contributed by atoms with Crippen LogP contribution >= 0.6 is 11.6 Å². The van der Waals surface area contributed by atoms with Crippen LogP contribution in [0, 0.1) is 13.8 Å². The highest BCUT2D eigenvalue weighted by Gasteiger charge is 2.19. The van der Waals surface area contributed by atoms with E-state index in [1.54, 1.807) is 35.3 Å². The highest BCUT2D eigenvalue weighted by Crippen LogP contribution is 2.35. The van der Waals surface area contributed by atoms with E-state index in [0.29, 0.717) is 16.3 Å². The third-order valence-electron chi connectivity index (χ3n) is 6.10. The molecule has 2 aromatic carbocycles. The van der Waals surface area contributed by atoms with E-state index >= 15 is 0 Å². The Balaban J connectivity index is 1.74. The zero-order valence-corrected chi connectivity index (χ0v) is 22.0. The van der Waals surface area contributed by atoms with Gasteiger partial charge in [-0.3, -0.25) is 0 Å². The average Bonchev–Trinajstić information content (AvgIpc) is 3.49. The second-order valence-corrected chi connectivity index (χ2v) is 11.1. The van der Waals surface area contributed by atoms with E-state index in [0.717, 1.165) is 46.0 Å². The molecule has 0 amide bonds. The Morgan fingerprint density at radius 3 is 2.41 bits per heavy atom. The number of nitrogens with zero attached hydrogens (tertiary/aromatic N) is 5. The molecule has 0 saturated carbocycles. The van der Waals surface area contributed by atoms with Gasteiger partial charge in [-0.1, -0.05) is 29.8 Å². The van der Waals surface area contributed by atoms with Crippen LogP contribution < -0.4 is 0 Å². The molecule has 188 valence electrons. The Hall–Kier alpha value is -3.79. The highest BCUT2D eigenvalue weighted by molar-refractivity contribution is 7.90. The smallest absolute Gasteiger partial charge is 0.175 e. The van der Waals surface area contributed by atoms with Crippen LogP contribution in [0.1, 0.15) is 17.1 Å². The molecule has 37 heavy (non-hydrogen) atoms. The number of halogens is 1. The van der Waals surface area contributed by atoms with Gasteiger partial charge in [0, 0.05) is 18.0 Å². The Morgan fingerprint density at radius 2 is 1.76 bits per heavy atom. The molecule has 0 aliphatic carbocycles. The molecule has 1 N–H and O–H groups in total. The first-order valence-electron chi connectivity index (χ1n) is 11.4. The summed E-state index contributed by atoms with van der Waals surface area (Å²) in [5, 5.41) is 14.6. The van der Waals surface area contributed by atoms with Gasteiger partial charge < -0.3 is 9.67 Å². The first kappa shape index (κ1) is 24.9. The van der Waals surface area contributed by atoms with Gasteiger partial charge in [0.25, 0.3) is 0 Å². The fourth-order valence-corrected chi connectivity index (χ4v) is 5.47. The summed E-state index contributed by atoms with van der Waals surface area (Å²) in [6.45, 7) is 3.52. The Kier molecular flexibility index (Phi) is 6.45. The first-order chi connectivity index (χ1) is 17.7. The molecular weight excluding hydrogens is 510 g/mol. The van der Waals surface area contributed by atoms with Crippen molar-refractivity contribution in [2.75, 3.05) is 6.26 Å². The third-order valence-corrected chi connectivity index (χ3v) is 7.51. The molecule has 0 atom stereocenters. The molecule has 0 saturated heterocycles. The predicted molar refractivity (Wildman–Crippen MR) is 143 cm³/mol. The normalized spacial score (nSPS) is 11.7. The van der Waals surface area contributed by atoms with Crippen LogP contribution in [0.4, 0.5) is 0 Å². The SMILES string of the molecule is Cc1cn(-c2ccc(-c3ccc(CO)c(S(C)(=O)=O)c3)cc2-c2ccnn2-c2ccc(Cl)nc2)c(C)n1. The van der Waals surface area contributed by atoms with Gasteiger partial charge in [0.15, 0.2) is 9.84 Å². The van der Waals surface area contributed by atoms with E-state index in [2.05, 4.69) is 15.1 Å². The lowest BCUT2D eigenvalue weighted by Crippen LogP contribution is -2.05. The topological polar surface area (TPSA) is 103 Å². The molecule has 0 aliphatic rings. The van der Waals surface area contributed by atoms with Gasteiger partial charge >= 0.3 is 0 Å². The number of hydrogen-bond acceptors (Lipinski definition) is 6. The standard InChI is InChI=1S/C27H24ClN5O3S/c1-17-15-32(18(2)31-17)24-8-6-19(20-4-5-21(16-34)26(13-20)37(3,35)36)12-23(24)25-10-11-30-33(25)22-7-9-27(28)29-14-22/h4-15,34H,16H2,1-3H3. The Labute approximate surface area is 219 Å². The summed E-state index contributed by atoms with van der Waals surface area (Å²) >= 11 is 6.00. The van der Waals surface area contributed by atoms with Gasteiger partial charge in [0.2, 0.25) is 0 Å². The highest BCUT2D eigenvalue weighted by atomic mass is 35.5. The summed E-state index contributed by atoms with van der Waals surface area (Å²) in [6, 6.07) is 16.4. The molecule has 0 fully saturated rings. The van der Waals surface area contributed by atoms with Gasteiger partial charge in [-0.05, 0) is 66.9 Å². The monoisotopic (exact) mass is 533 g/mol. The van der Waals surface area contributed by atoms with Crippen molar-refractivity contribution in [1.29, 1.82) is 0 Å². The number of pyridine rings is 1. The number of imidazole rings is 1. The molecule has 0 bridgehead atoms. The average molecular weight is 534 g/mol. The summed E-state index contributed by atoms with van der Waals surface area (Å²) in [6.07, 6.45) is 6.48. The number of aromatic nitrogens is 5. The van der Waals surface area contributed by atoms with Crippen molar-refractivity contribution in [3.8, 4) is 33.8 Å².